The van der Waals surface area contributed by atoms with Gasteiger partial charge in [0.1, 0.15) is 0 Å². The van der Waals surface area contributed by atoms with E-state index >= 15 is 0 Å². The molecule has 0 saturated heterocycles. The van der Waals surface area contributed by atoms with Gasteiger partial charge in [-0.1, -0.05) is 86.6 Å². The van der Waals surface area contributed by atoms with Crippen LogP contribution in [-0.4, -0.2) is 29.4 Å². The quantitative estimate of drug-likeness (QED) is 0.364. The van der Waals surface area contributed by atoms with Crippen molar-refractivity contribution in [2.75, 3.05) is 0 Å². The zero-order valence-electron chi connectivity index (χ0n) is 13.3. The third-order valence-corrected chi connectivity index (χ3v) is 1.33. The minimum absolute atomic E-state index is 2.00. The summed E-state index contributed by atoms with van der Waals surface area (Å²) in [6.07, 6.45) is 0. The monoisotopic (exact) mass is 414 g/mol. The van der Waals surface area contributed by atoms with Crippen molar-refractivity contribution < 1.29 is 29.4 Å². The molecule has 2 aromatic rings. The molecule has 138 valence electrons. The first-order valence-electron chi connectivity index (χ1n) is 6.57. The van der Waals surface area contributed by atoms with Crippen molar-refractivity contribution in [2.45, 2.75) is 13.8 Å². The van der Waals surface area contributed by atoms with Gasteiger partial charge in [-0.15, -0.1) is 0 Å². The Bertz CT molecular complexity index is 424. The topological polar surface area (TPSA) is 121 Å². The van der Waals surface area contributed by atoms with Crippen LogP contribution < -0.4 is 0 Å². The standard InChI is InChI=1S/2C6H6.C2H6.2H3O3PS/c2*1-2-4-6-5-3-1;1-2;2*1-4(2,3)5/h2*1-6H;1-2H3;2*(H3,1,2,3,5). The van der Waals surface area contributed by atoms with E-state index in [0.717, 1.165) is 0 Å². The molecule has 0 saturated carbocycles. The van der Waals surface area contributed by atoms with Gasteiger partial charge in [-0.25, -0.2) is 0 Å². The van der Waals surface area contributed by atoms with Crippen LogP contribution in [0.2, 0.25) is 0 Å². The van der Waals surface area contributed by atoms with E-state index in [2.05, 4.69) is 23.6 Å². The molecule has 2 rings (SSSR count). The van der Waals surface area contributed by atoms with Crippen LogP contribution in [0.5, 0.6) is 0 Å². The Balaban J connectivity index is -0.000000238. The number of hydrogen-bond acceptors (Lipinski definition) is 2. The Kier molecular flexibility index (Phi) is 22.2. The molecule has 0 aliphatic heterocycles. The van der Waals surface area contributed by atoms with Gasteiger partial charge < -0.3 is 29.4 Å². The highest BCUT2D eigenvalue weighted by molar-refractivity contribution is 8.06. The van der Waals surface area contributed by atoms with Crippen LogP contribution in [0.4, 0.5) is 0 Å². The van der Waals surface area contributed by atoms with Crippen molar-refractivity contribution in [1.82, 2.24) is 0 Å². The summed E-state index contributed by atoms with van der Waals surface area (Å²) in [4.78, 5) is 45.3. The summed E-state index contributed by atoms with van der Waals surface area (Å²) in [7, 11) is 0. The Hall–Kier alpha value is -0.500. The molecule has 0 heterocycles. The first-order valence-corrected chi connectivity index (χ1v) is 11.9. The number of benzene rings is 2. The lowest BCUT2D eigenvalue weighted by atomic mass is 10.4. The second-order valence-electron chi connectivity index (χ2n) is 3.34. The smallest absolute Gasteiger partial charge is 0.319 e. The zero-order chi connectivity index (χ0) is 19.5. The van der Waals surface area contributed by atoms with Crippen LogP contribution in [0.3, 0.4) is 0 Å². The molecule has 0 fully saturated rings. The Morgan fingerprint density at radius 3 is 0.500 bits per heavy atom. The molecular formula is C14H24O6P2S2. The summed E-state index contributed by atoms with van der Waals surface area (Å²) in [5.74, 6) is 0. The van der Waals surface area contributed by atoms with Gasteiger partial charge in [0.15, 0.2) is 0 Å². The van der Waals surface area contributed by atoms with E-state index in [4.69, 9.17) is 29.4 Å². The fourth-order valence-electron chi connectivity index (χ4n) is 0.770. The van der Waals surface area contributed by atoms with Crippen LogP contribution in [0.25, 0.3) is 0 Å². The van der Waals surface area contributed by atoms with Gasteiger partial charge in [0, 0.05) is 0 Å². The molecule has 0 spiro atoms. The van der Waals surface area contributed by atoms with Crippen LogP contribution in [0, 0.1) is 0 Å². The molecule has 6 nitrogen and oxygen atoms in total. The predicted molar refractivity (Wildman–Crippen MR) is 106 cm³/mol. The van der Waals surface area contributed by atoms with Gasteiger partial charge in [-0.05, 0) is 23.6 Å². The molecule has 0 unspecified atom stereocenters. The summed E-state index contributed by atoms with van der Waals surface area (Å²) in [5, 5.41) is 0. The molecule has 0 aromatic heterocycles. The van der Waals surface area contributed by atoms with Crippen molar-refractivity contribution in [3.63, 3.8) is 0 Å². The highest BCUT2D eigenvalue weighted by Gasteiger charge is 1.92. The van der Waals surface area contributed by atoms with Gasteiger partial charge in [-0.2, -0.15) is 0 Å². The molecule has 0 amide bonds. The molecule has 0 bridgehead atoms. The van der Waals surface area contributed by atoms with E-state index < -0.39 is 13.4 Å². The second-order valence-corrected chi connectivity index (χ2v) is 8.33. The summed E-state index contributed by atoms with van der Waals surface area (Å²) in [5.41, 5.74) is 0. The van der Waals surface area contributed by atoms with E-state index in [0.29, 0.717) is 0 Å². The molecule has 0 atom stereocenters. The zero-order valence-corrected chi connectivity index (χ0v) is 16.7. The highest BCUT2D eigenvalue weighted by atomic mass is 32.5. The van der Waals surface area contributed by atoms with Crippen molar-refractivity contribution >= 4 is 37.1 Å². The largest absolute Gasteiger partial charge is 0.325 e. The maximum atomic E-state index is 7.56. The minimum Gasteiger partial charge on any atom is -0.325 e. The Labute approximate surface area is 153 Å². The normalized spacial score (nSPS) is 9.17. The molecule has 24 heavy (non-hydrogen) atoms. The highest BCUT2D eigenvalue weighted by Crippen LogP contribution is 2.26. The lowest BCUT2D eigenvalue weighted by Gasteiger charge is -1.88. The van der Waals surface area contributed by atoms with Crippen molar-refractivity contribution in [3.05, 3.63) is 72.8 Å². The fourth-order valence-corrected chi connectivity index (χ4v) is 0.770. The third kappa shape index (κ3) is 68.3. The van der Waals surface area contributed by atoms with E-state index in [9.17, 15) is 0 Å². The lowest BCUT2D eigenvalue weighted by molar-refractivity contribution is 0.361. The van der Waals surface area contributed by atoms with E-state index in [-0.39, 0.29) is 0 Å². The van der Waals surface area contributed by atoms with Crippen molar-refractivity contribution in [3.8, 4) is 0 Å². The van der Waals surface area contributed by atoms with Crippen LogP contribution in [-0.2, 0) is 23.6 Å². The van der Waals surface area contributed by atoms with Crippen LogP contribution in [0.15, 0.2) is 72.8 Å². The Morgan fingerprint density at radius 1 is 0.417 bits per heavy atom. The number of hydrogen-bond donors (Lipinski definition) is 6. The average Bonchev–Trinajstić information content (AvgIpc) is 2.50. The summed E-state index contributed by atoms with van der Waals surface area (Å²) in [6, 6.07) is 24.0. The molecule has 10 heteroatoms. The SMILES string of the molecule is CC.OP(O)(O)=S.OP(O)(O)=S.c1ccccc1.c1ccccc1. The first-order chi connectivity index (χ1) is 11.0. The third-order valence-electron chi connectivity index (χ3n) is 1.33. The first kappa shape index (κ1) is 28.3. The average molecular weight is 414 g/mol. The molecule has 6 N–H and O–H groups in total. The van der Waals surface area contributed by atoms with Crippen LogP contribution in [0.1, 0.15) is 13.8 Å². The van der Waals surface area contributed by atoms with Gasteiger partial charge >= 0.3 is 13.4 Å². The van der Waals surface area contributed by atoms with E-state index in [1.807, 2.05) is 86.6 Å². The second kappa shape index (κ2) is 18.8. The maximum Gasteiger partial charge on any atom is 0.319 e. The van der Waals surface area contributed by atoms with E-state index in [1.54, 1.807) is 0 Å². The van der Waals surface area contributed by atoms with Crippen molar-refractivity contribution in [2.24, 2.45) is 0 Å². The molecule has 0 radical (unpaired) electrons. The Morgan fingerprint density at radius 2 is 0.458 bits per heavy atom. The molecular weight excluding hydrogens is 390 g/mol. The lowest BCUT2D eigenvalue weighted by Crippen LogP contribution is -1.65. The van der Waals surface area contributed by atoms with Gasteiger partial charge in [-0.3, -0.25) is 0 Å². The van der Waals surface area contributed by atoms with Gasteiger partial charge in [0.05, 0.1) is 0 Å². The van der Waals surface area contributed by atoms with Gasteiger partial charge in [0.25, 0.3) is 0 Å². The maximum absolute atomic E-state index is 7.56. The fraction of sp³-hybridized carbons (Fsp3) is 0.143. The van der Waals surface area contributed by atoms with Gasteiger partial charge in [0.2, 0.25) is 0 Å². The summed E-state index contributed by atoms with van der Waals surface area (Å²) < 4.78 is 0. The molecule has 2 aromatic carbocycles. The summed E-state index contributed by atoms with van der Waals surface area (Å²) >= 11 is 7.21. The number of rotatable bonds is 0. The minimum atomic E-state index is -3.81. The predicted octanol–water partition coefficient (Wildman–Crippen LogP) is 2.78. The van der Waals surface area contributed by atoms with E-state index in [1.165, 1.54) is 0 Å². The molecule has 0 aliphatic rings. The van der Waals surface area contributed by atoms with Crippen molar-refractivity contribution in [1.29, 1.82) is 0 Å². The summed E-state index contributed by atoms with van der Waals surface area (Å²) in [6.45, 7) is -3.61. The van der Waals surface area contributed by atoms with Crippen LogP contribution >= 0.6 is 13.4 Å². The molecule has 0 aliphatic carbocycles.